The molecule has 0 aromatic heterocycles. The van der Waals surface area contributed by atoms with E-state index in [1.54, 1.807) is 5.32 Å². The molecule has 0 bridgehead atoms. The quantitative estimate of drug-likeness (QED) is 0.716. The summed E-state index contributed by atoms with van der Waals surface area (Å²) in [6, 6.07) is -0.740. The molecule has 0 radical (unpaired) electrons. The monoisotopic (exact) mass is 213 g/mol. The Morgan fingerprint density at radius 3 is 2.50 bits per heavy atom. The molecule has 4 nitrogen and oxygen atoms in total. The smallest absolute Gasteiger partial charge is 0.330 e. The predicted molar refractivity (Wildman–Crippen MR) is 45.8 cm³/mol. The molecule has 84 valence electrons. The Bertz CT molecular complexity index is 184. The largest absolute Gasteiger partial charge is 0.405 e. The van der Waals surface area contributed by atoms with E-state index in [0.29, 0.717) is 19.5 Å². The molecule has 2 amide bonds. The van der Waals surface area contributed by atoms with Crippen molar-refractivity contribution in [1.29, 1.82) is 0 Å². The van der Waals surface area contributed by atoms with Gasteiger partial charge in [0.15, 0.2) is 0 Å². The summed E-state index contributed by atoms with van der Waals surface area (Å²) >= 11 is 0. The zero-order valence-corrected chi connectivity index (χ0v) is 7.90. The number of carbonyl (C=O) groups is 1. The van der Waals surface area contributed by atoms with Crippen LogP contribution in [0, 0.1) is 0 Å². The number of nitrogens with zero attached hydrogens (tertiary/aromatic N) is 1. The first-order valence-corrected chi connectivity index (χ1v) is 4.12. The van der Waals surface area contributed by atoms with Crippen LogP contribution in [0.15, 0.2) is 0 Å². The molecule has 3 N–H and O–H groups in total. The second-order valence-corrected chi connectivity index (χ2v) is 2.84. The van der Waals surface area contributed by atoms with E-state index in [0.717, 1.165) is 0 Å². The number of hydrogen-bond donors (Lipinski definition) is 2. The average molecular weight is 213 g/mol. The summed E-state index contributed by atoms with van der Waals surface area (Å²) < 4.78 is 35.0. The minimum Gasteiger partial charge on any atom is -0.330 e. The SMILES string of the molecule is CN(CCCN)C(=O)NCC(F)(F)F. The number of nitrogens with one attached hydrogen (secondary N) is 1. The molecule has 0 saturated heterocycles. The maximum Gasteiger partial charge on any atom is 0.405 e. The van der Waals surface area contributed by atoms with Crippen molar-refractivity contribution in [2.24, 2.45) is 5.73 Å². The zero-order valence-electron chi connectivity index (χ0n) is 7.90. The van der Waals surface area contributed by atoms with Gasteiger partial charge in [0.25, 0.3) is 0 Å². The van der Waals surface area contributed by atoms with Gasteiger partial charge in [-0.25, -0.2) is 4.79 Å². The summed E-state index contributed by atoms with van der Waals surface area (Å²) in [6.45, 7) is -0.560. The second kappa shape index (κ2) is 5.69. The normalized spacial score (nSPS) is 11.2. The van der Waals surface area contributed by atoms with Crippen molar-refractivity contribution in [2.45, 2.75) is 12.6 Å². The summed E-state index contributed by atoms with van der Waals surface area (Å²) in [5.74, 6) is 0. The lowest BCUT2D eigenvalue weighted by Crippen LogP contribution is -2.42. The van der Waals surface area contributed by atoms with Gasteiger partial charge >= 0.3 is 12.2 Å². The first-order valence-electron chi connectivity index (χ1n) is 4.12. The van der Waals surface area contributed by atoms with Crippen LogP contribution < -0.4 is 11.1 Å². The Kier molecular flexibility index (Phi) is 5.29. The van der Waals surface area contributed by atoms with Crippen molar-refractivity contribution in [3.8, 4) is 0 Å². The van der Waals surface area contributed by atoms with Crippen molar-refractivity contribution in [3.05, 3.63) is 0 Å². The van der Waals surface area contributed by atoms with Gasteiger partial charge in [0.05, 0.1) is 0 Å². The number of carbonyl (C=O) groups excluding carboxylic acids is 1. The van der Waals surface area contributed by atoms with Gasteiger partial charge in [-0.15, -0.1) is 0 Å². The fraction of sp³-hybridized carbons (Fsp3) is 0.857. The predicted octanol–water partition coefficient (Wildman–Crippen LogP) is 0.539. The molecule has 0 rings (SSSR count). The molecule has 14 heavy (non-hydrogen) atoms. The number of urea groups is 1. The third-order valence-corrected chi connectivity index (χ3v) is 1.48. The minimum absolute atomic E-state index is 0.347. The van der Waals surface area contributed by atoms with Gasteiger partial charge in [0.2, 0.25) is 0 Å². The highest BCUT2D eigenvalue weighted by atomic mass is 19.4. The summed E-state index contributed by atoms with van der Waals surface area (Å²) in [6.07, 6.45) is -3.81. The van der Waals surface area contributed by atoms with Crippen LogP contribution in [0.1, 0.15) is 6.42 Å². The topological polar surface area (TPSA) is 58.4 Å². The van der Waals surface area contributed by atoms with Crippen molar-refractivity contribution >= 4 is 6.03 Å². The van der Waals surface area contributed by atoms with E-state index in [-0.39, 0.29) is 0 Å². The Morgan fingerprint density at radius 1 is 1.50 bits per heavy atom. The maximum atomic E-state index is 11.7. The molecule has 0 aliphatic carbocycles. The molecule has 0 aliphatic rings. The van der Waals surface area contributed by atoms with Crippen molar-refractivity contribution in [3.63, 3.8) is 0 Å². The van der Waals surface area contributed by atoms with Crippen LogP contribution in [-0.2, 0) is 0 Å². The molecule has 0 aromatic carbocycles. The Labute approximate surface area is 80.2 Å². The Balaban J connectivity index is 3.73. The standard InChI is InChI=1S/C7H14F3N3O/c1-13(4-2-3-11)6(14)12-5-7(8,9)10/h2-5,11H2,1H3,(H,12,14). The zero-order chi connectivity index (χ0) is 11.2. The number of hydrogen-bond acceptors (Lipinski definition) is 2. The third kappa shape index (κ3) is 6.53. The van der Waals surface area contributed by atoms with Crippen LogP contribution in [0.3, 0.4) is 0 Å². The molecule has 0 aromatic rings. The number of amides is 2. The average Bonchev–Trinajstić information content (AvgIpc) is 2.09. The van der Waals surface area contributed by atoms with Gasteiger partial charge in [-0.05, 0) is 13.0 Å². The lowest BCUT2D eigenvalue weighted by atomic mass is 10.4. The van der Waals surface area contributed by atoms with Crippen molar-refractivity contribution < 1.29 is 18.0 Å². The van der Waals surface area contributed by atoms with Crippen molar-refractivity contribution in [1.82, 2.24) is 10.2 Å². The maximum absolute atomic E-state index is 11.7. The van der Waals surface area contributed by atoms with Crippen LogP contribution in [0.4, 0.5) is 18.0 Å². The van der Waals surface area contributed by atoms with Gasteiger partial charge in [0.1, 0.15) is 6.54 Å². The first kappa shape index (κ1) is 13.0. The van der Waals surface area contributed by atoms with E-state index in [9.17, 15) is 18.0 Å². The number of nitrogens with two attached hydrogens (primary N) is 1. The highest BCUT2D eigenvalue weighted by molar-refractivity contribution is 5.73. The van der Waals surface area contributed by atoms with Crippen LogP contribution in [0.5, 0.6) is 0 Å². The van der Waals surface area contributed by atoms with Crippen molar-refractivity contribution in [2.75, 3.05) is 26.7 Å². The van der Waals surface area contributed by atoms with Gasteiger partial charge in [0, 0.05) is 13.6 Å². The van der Waals surface area contributed by atoms with E-state index in [1.807, 2.05) is 0 Å². The van der Waals surface area contributed by atoms with E-state index >= 15 is 0 Å². The third-order valence-electron chi connectivity index (χ3n) is 1.48. The molecule has 0 saturated carbocycles. The summed E-state index contributed by atoms with van der Waals surface area (Å²) in [5, 5.41) is 1.75. The molecule has 0 fully saturated rings. The van der Waals surface area contributed by atoms with E-state index < -0.39 is 18.8 Å². The number of halogens is 3. The lowest BCUT2D eigenvalue weighted by Gasteiger charge is -2.18. The van der Waals surface area contributed by atoms with Gasteiger partial charge in [-0.1, -0.05) is 0 Å². The molecule has 0 heterocycles. The molecule has 0 unspecified atom stereocenters. The number of rotatable bonds is 4. The Morgan fingerprint density at radius 2 is 2.07 bits per heavy atom. The number of alkyl halides is 3. The highest BCUT2D eigenvalue weighted by Crippen LogP contribution is 2.12. The van der Waals surface area contributed by atoms with Crippen LogP contribution in [0.2, 0.25) is 0 Å². The summed E-state index contributed by atoms with van der Waals surface area (Å²) in [4.78, 5) is 12.1. The summed E-state index contributed by atoms with van der Waals surface area (Å²) in [7, 11) is 1.42. The van der Waals surface area contributed by atoms with Crippen LogP contribution in [-0.4, -0.2) is 43.8 Å². The van der Waals surface area contributed by atoms with E-state index in [4.69, 9.17) is 5.73 Å². The second-order valence-electron chi connectivity index (χ2n) is 2.84. The van der Waals surface area contributed by atoms with E-state index in [1.165, 1.54) is 11.9 Å². The molecule has 0 spiro atoms. The molecular formula is C7H14F3N3O. The summed E-state index contributed by atoms with van der Waals surface area (Å²) in [5.41, 5.74) is 5.18. The fourth-order valence-corrected chi connectivity index (χ4v) is 0.741. The van der Waals surface area contributed by atoms with Gasteiger partial charge in [-0.2, -0.15) is 13.2 Å². The lowest BCUT2D eigenvalue weighted by molar-refractivity contribution is -0.123. The highest BCUT2D eigenvalue weighted by Gasteiger charge is 2.28. The molecule has 7 heteroatoms. The Hall–Kier alpha value is -0.980. The molecule has 0 atom stereocenters. The molecular weight excluding hydrogens is 199 g/mol. The first-order chi connectivity index (χ1) is 6.37. The molecule has 0 aliphatic heterocycles. The van der Waals surface area contributed by atoms with E-state index in [2.05, 4.69) is 0 Å². The van der Waals surface area contributed by atoms with Crippen LogP contribution >= 0.6 is 0 Å². The fourth-order valence-electron chi connectivity index (χ4n) is 0.741. The van der Waals surface area contributed by atoms with Gasteiger partial charge in [-0.3, -0.25) is 0 Å². The minimum atomic E-state index is -4.37. The van der Waals surface area contributed by atoms with Gasteiger partial charge < -0.3 is 16.0 Å². The van der Waals surface area contributed by atoms with Crippen LogP contribution in [0.25, 0.3) is 0 Å².